The lowest BCUT2D eigenvalue weighted by Crippen LogP contribution is -2.32. The molecule has 0 aliphatic carbocycles. The predicted molar refractivity (Wildman–Crippen MR) is 103 cm³/mol. The fourth-order valence-corrected chi connectivity index (χ4v) is 2.94. The van der Waals surface area contributed by atoms with Gasteiger partial charge in [-0.1, -0.05) is 19.1 Å². The number of anilines is 1. The van der Waals surface area contributed by atoms with Crippen LogP contribution >= 0.6 is 22.6 Å². The van der Waals surface area contributed by atoms with Crippen LogP contribution in [-0.2, 0) is 4.79 Å². The minimum atomic E-state index is -0.505. The number of carbonyl (C=O) groups is 1. The third kappa shape index (κ3) is 4.70. The normalized spacial score (nSPS) is 11.9. The van der Waals surface area contributed by atoms with Crippen molar-refractivity contribution in [1.29, 1.82) is 0 Å². The Labute approximate surface area is 151 Å². The summed E-state index contributed by atoms with van der Waals surface area (Å²) in [6.45, 7) is 7.95. The Morgan fingerprint density at radius 1 is 1.13 bits per heavy atom. The van der Waals surface area contributed by atoms with Crippen molar-refractivity contribution in [2.75, 3.05) is 5.32 Å². The zero-order valence-electron chi connectivity index (χ0n) is 13.9. The van der Waals surface area contributed by atoms with E-state index in [4.69, 9.17) is 4.74 Å². The van der Waals surface area contributed by atoms with Crippen molar-refractivity contribution in [3.05, 3.63) is 56.7 Å². The maximum Gasteiger partial charge on any atom is 0.265 e. The van der Waals surface area contributed by atoms with E-state index in [9.17, 15) is 4.79 Å². The van der Waals surface area contributed by atoms with Crippen LogP contribution in [0.4, 0.5) is 5.69 Å². The predicted octanol–water partition coefficient (Wildman–Crippen LogP) is 5.01. The van der Waals surface area contributed by atoms with E-state index in [0.29, 0.717) is 6.42 Å². The summed E-state index contributed by atoms with van der Waals surface area (Å²) in [5, 5.41) is 2.98. The summed E-state index contributed by atoms with van der Waals surface area (Å²) in [6.07, 6.45) is 0.108. The summed E-state index contributed by atoms with van der Waals surface area (Å²) in [4.78, 5) is 12.5. The summed E-state index contributed by atoms with van der Waals surface area (Å²) in [5.41, 5.74) is 4.03. The summed E-state index contributed by atoms with van der Waals surface area (Å²) in [7, 11) is 0. The van der Waals surface area contributed by atoms with Crippen LogP contribution in [0.15, 0.2) is 36.4 Å². The zero-order valence-corrected chi connectivity index (χ0v) is 16.1. The Hall–Kier alpha value is -1.56. The first-order valence-corrected chi connectivity index (χ1v) is 8.79. The topological polar surface area (TPSA) is 38.3 Å². The number of halogens is 1. The third-order valence-corrected chi connectivity index (χ3v) is 4.39. The van der Waals surface area contributed by atoms with Gasteiger partial charge in [0.2, 0.25) is 0 Å². The van der Waals surface area contributed by atoms with Gasteiger partial charge in [-0.15, -0.1) is 0 Å². The van der Waals surface area contributed by atoms with Gasteiger partial charge in [0.15, 0.2) is 6.10 Å². The maximum absolute atomic E-state index is 12.5. The number of nitrogens with one attached hydrogen (secondary N) is 1. The second-order valence-corrected chi connectivity index (χ2v) is 6.98. The largest absolute Gasteiger partial charge is 0.480 e. The lowest BCUT2D eigenvalue weighted by Gasteiger charge is -2.19. The summed E-state index contributed by atoms with van der Waals surface area (Å²) >= 11 is 2.26. The molecule has 0 radical (unpaired) electrons. The van der Waals surface area contributed by atoms with Crippen LogP contribution in [0.2, 0.25) is 0 Å². The smallest absolute Gasteiger partial charge is 0.265 e. The molecule has 0 heterocycles. The van der Waals surface area contributed by atoms with Crippen LogP contribution in [0.5, 0.6) is 5.75 Å². The number of aryl methyl sites for hydroxylation is 3. The van der Waals surface area contributed by atoms with Crippen LogP contribution in [0, 0.1) is 24.3 Å². The standard InChI is InChI=1S/C19H22INO2/c1-5-17(23-18-10-12(2)6-7-13(18)3)19(22)21-16-9-8-15(20)11-14(16)4/h6-11,17H,5H2,1-4H3,(H,21,22)/t17-/m1/s1. The summed E-state index contributed by atoms with van der Waals surface area (Å²) < 4.78 is 7.11. The van der Waals surface area contributed by atoms with Crippen LogP contribution in [0.1, 0.15) is 30.0 Å². The van der Waals surface area contributed by atoms with E-state index < -0.39 is 6.10 Å². The molecule has 0 fully saturated rings. The van der Waals surface area contributed by atoms with Gasteiger partial charge in [-0.05, 0) is 90.7 Å². The van der Waals surface area contributed by atoms with Crippen LogP contribution in [-0.4, -0.2) is 12.0 Å². The van der Waals surface area contributed by atoms with Gasteiger partial charge in [0.05, 0.1) is 0 Å². The highest BCUT2D eigenvalue weighted by Crippen LogP contribution is 2.23. The molecule has 122 valence electrons. The van der Waals surface area contributed by atoms with Crippen molar-refractivity contribution in [2.24, 2.45) is 0 Å². The first-order valence-electron chi connectivity index (χ1n) is 7.71. The molecule has 3 nitrogen and oxygen atoms in total. The Kier molecular flexibility index (Phi) is 6.04. The number of amides is 1. The molecule has 0 spiro atoms. The fraction of sp³-hybridized carbons (Fsp3) is 0.316. The molecule has 0 aliphatic heterocycles. The average Bonchev–Trinajstić information content (AvgIpc) is 2.50. The molecular formula is C19H22INO2. The average molecular weight is 423 g/mol. The molecular weight excluding hydrogens is 401 g/mol. The zero-order chi connectivity index (χ0) is 17.0. The highest BCUT2D eigenvalue weighted by Gasteiger charge is 2.20. The number of hydrogen-bond acceptors (Lipinski definition) is 2. The molecule has 0 unspecified atom stereocenters. The monoisotopic (exact) mass is 423 g/mol. The number of rotatable bonds is 5. The van der Waals surface area contributed by atoms with Crippen molar-refractivity contribution in [2.45, 2.75) is 40.2 Å². The van der Waals surface area contributed by atoms with Crippen molar-refractivity contribution < 1.29 is 9.53 Å². The lowest BCUT2D eigenvalue weighted by molar-refractivity contribution is -0.122. The molecule has 0 saturated carbocycles. The van der Waals surface area contributed by atoms with Crippen LogP contribution in [0.25, 0.3) is 0 Å². The molecule has 2 rings (SSSR count). The van der Waals surface area contributed by atoms with Gasteiger partial charge in [0, 0.05) is 9.26 Å². The second-order valence-electron chi connectivity index (χ2n) is 5.73. The molecule has 1 amide bonds. The molecule has 23 heavy (non-hydrogen) atoms. The molecule has 2 aromatic rings. The molecule has 2 aromatic carbocycles. The number of benzene rings is 2. The Morgan fingerprint density at radius 3 is 2.52 bits per heavy atom. The Bertz CT molecular complexity index is 713. The molecule has 4 heteroatoms. The van der Waals surface area contributed by atoms with E-state index in [1.807, 2.05) is 64.1 Å². The van der Waals surface area contributed by atoms with Gasteiger partial charge < -0.3 is 10.1 Å². The first-order chi connectivity index (χ1) is 10.9. The maximum atomic E-state index is 12.5. The van der Waals surface area contributed by atoms with Gasteiger partial charge in [-0.25, -0.2) is 0 Å². The molecule has 0 aliphatic rings. The lowest BCUT2D eigenvalue weighted by atomic mass is 10.1. The first kappa shape index (κ1) is 17.8. The van der Waals surface area contributed by atoms with Gasteiger partial charge in [0.1, 0.15) is 5.75 Å². The van der Waals surface area contributed by atoms with E-state index in [1.165, 1.54) is 0 Å². The van der Waals surface area contributed by atoms with Crippen LogP contribution < -0.4 is 10.1 Å². The van der Waals surface area contributed by atoms with E-state index in [1.54, 1.807) is 0 Å². The van der Waals surface area contributed by atoms with E-state index in [2.05, 4.69) is 27.9 Å². The minimum Gasteiger partial charge on any atom is -0.480 e. The molecule has 0 bridgehead atoms. The molecule has 0 aromatic heterocycles. The van der Waals surface area contributed by atoms with Crippen molar-refractivity contribution in [1.82, 2.24) is 0 Å². The summed E-state index contributed by atoms with van der Waals surface area (Å²) in [6, 6.07) is 12.0. The number of carbonyl (C=O) groups excluding carboxylic acids is 1. The van der Waals surface area contributed by atoms with Gasteiger partial charge in [-0.3, -0.25) is 4.79 Å². The Balaban J connectivity index is 2.13. The van der Waals surface area contributed by atoms with E-state index in [-0.39, 0.29) is 5.91 Å². The van der Waals surface area contributed by atoms with Gasteiger partial charge in [-0.2, -0.15) is 0 Å². The van der Waals surface area contributed by atoms with Crippen molar-refractivity contribution in [3.8, 4) is 5.75 Å². The molecule has 1 N–H and O–H groups in total. The fourth-order valence-electron chi connectivity index (χ4n) is 2.29. The van der Waals surface area contributed by atoms with Gasteiger partial charge >= 0.3 is 0 Å². The second kappa shape index (κ2) is 7.81. The Morgan fingerprint density at radius 2 is 1.87 bits per heavy atom. The van der Waals surface area contributed by atoms with Crippen molar-refractivity contribution >= 4 is 34.2 Å². The number of ether oxygens (including phenoxy) is 1. The highest BCUT2D eigenvalue weighted by atomic mass is 127. The van der Waals surface area contributed by atoms with Gasteiger partial charge in [0.25, 0.3) is 5.91 Å². The van der Waals surface area contributed by atoms with E-state index in [0.717, 1.165) is 31.7 Å². The third-order valence-electron chi connectivity index (χ3n) is 3.72. The molecule has 1 atom stereocenters. The number of hydrogen-bond donors (Lipinski definition) is 1. The van der Waals surface area contributed by atoms with E-state index >= 15 is 0 Å². The summed E-state index contributed by atoms with van der Waals surface area (Å²) in [5.74, 6) is 0.657. The highest BCUT2D eigenvalue weighted by molar-refractivity contribution is 14.1. The van der Waals surface area contributed by atoms with Crippen LogP contribution in [0.3, 0.4) is 0 Å². The molecule has 0 saturated heterocycles. The minimum absolute atomic E-state index is 0.113. The quantitative estimate of drug-likeness (QED) is 0.687. The van der Waals surface area contributed by atoms with Crippen molar-refractivity contribution in [3.63, 3.8) is 0 Å². The SMILES string of the molecule is CC[C@@H](Oc1cc(C)ccc1C)C(=O)Nc1ccc(I)cc1C.